The summed E-state index contributed by atoms with van der Waals surface area (Å²) < 4.78 is 11.2. The Morgan fingerprint density at radius 3 is 1.28 bits per heavy atom. The van der Waals surface area contributed by atoms with Crippen LogP contribution in [0.25, 0.3) is 0 Å². The minimum atomic E-state index is -0.533. The Bertz CT molecular complexity index is 702. The van der Waals surface area contributed by atoms with Gasteiger partial charge in [-0.15, -0.1) is 0 Å². The average molecular weight is 705 g/mol. The fourth-order valence-corrected chi connectivity index (χ4v) is 6.65. The molecule has 1 unspecified atom stereocenters. The van der Waals surface area contributed by atoms with E-state index in [1.807, 2.05) is 0 Å². The maximum Gasteiger partial charge on any atom is 0.306 e. The molecule has 0 aromatic heterocycles. The van der Waals surface area contributed by atoms with E-state index in [1.54, 1.807) is 0 Å². The summed E-state index contributed by atoms with van der Waals surface area (Å²) >= 11 is 0. The van der Waals surface area contributed by atoms with E-state index in [0.717, 1.165) is 25.7 Å². The van der Waals surface area contributed by atoms with Gasteiger partial charge in [0.05, 0.1) is 13.2 Å². The second kappa shape index (κ2) is 44.0. The van der Waals surface area contributed by atoms with Crippen molar-refractivity contribution >= 4 is 5.97 Å². The van der Waals surface area contributed by atoms with Crippen molar-refractivity contribution < 1.29 is 19.4 Å². The van der Waals surface area contributed by atoms with Gasteiger partial charge in [0.1, 0.15) is 6.10 Å². The van der Waals surface area contributed by atoms with Crippen LogP contribution in [-0.2, 0) is 14.3 Å². The molecular weight excluding hydrogens is 617 g/mol. The molecule has 1 atom stereocenters. The number of aliphatic hydroxyl groups excluding tert-OH is 1. The van der Waals surface area contributed by atoms with Crippen molar-refractivity contribution in [3.8, 4) is 0 Å². The molecule has 0 aliphatic heterocycles. The van der Waals surface area contributed by atoms with E-state index in [0.29, 0.717) is 19.6 Å². The topological polar surface area (TPSA) is 55.8 Å². The molecule has 0 radical (unpaired) electrons. The number of hydrogen-bond donors (Lipinski definition) is 1. The first-order chi connectivity index (χ1) is 24.7. The summed E-state index contributed by atoms with van der Waals surface area (Å²) in [5.41, 5.74) is 0. The van der Waals surface area contributed by atoms with Crippen LogP contribution in [0.3, 0.4) is 0 Å². The number of esters is 1. The molecule has 0 aromatic carbocycles. The van der Waals surface area contributed by atoms with E-state index in [4.69, 9.17) is 9.47 Å². The Morgan fingerprint density at radius 2 is 0.840 bits per heavy atom. The van der Waals surface area contributed by atoms with Crippen LogP contribution in [0.5, 0.6) is 0 Å². The molecule has 0 saturated heterocycles. The number of carbonyl (C=O) groups excluding carboxylic acids is 1. The third kappa shape index (κ3) is 41.3. The minimum Gasteiger partial charge on any atom is -0.457 e. The van der Waals surface area contributed by atoms with Gasteiger partial charge in [-0.1, -0.05) is 212 Å². The first kappa shape index (κ1) is 48.9. The Hall–Kier alpha value is -1.13. The molecule has 0 spiro atoms. The van der Waals surface area contributed by atoms with Crippen molar-refractivity contribution in [2.45, 2.75) is 245 Å². The highest BCUT2D eigenvalue weighted by Gasteiger charge is 2.13. The van der Waals surface area contributed by atoms with Crippen LogP contribution in [0.15, 0.2) is 24.3 Å². The van der Waals surface area contributed by atoms with E-state index in [9.17, 15) is 9.90 Å². The molecule has 0 bridgehead atoms. The van der Waals surface area contributed by atoms with Crippen LogP contribution >= 0.6 is 0 Å². The highest BCUT2D eigenvalue weighted by molar-refractivity contribution is 5.69. The smallest absolute Gasteiger partial charge is 0.306 e. The van der Waals surface area contributed by atoms with E-state index >= 15 is 0 Å². The van der Waals surface area contributed by atoms with Gasteiger partial charge in [-0.2, -0.15) is 0 Å². The van der Waals surface area contributed by atoms with Crippen molar-refractivity contribution in [1.82, 2.24) is 0 Å². The fraction of sp³-hybridized carbons (Fsp3) is 0.891. The molecule has 0 amide bonds. The van der Waals surface area contributed by atoms with Gasteiger partial charge >= 0.3 is 5.97 Å². The van der Waals surface area contributed by atoms with Crippen molar-refractivity contribution in [3.05, 3.63) is 24.3 Å². The number of ether oxygens (including phenoxy) is 2. The van der Waals surface area contributed by atoms with Gasteiger partial charge in [-0.3, -0.25) is 4.79 Å². The Kier molecular flexibility index (Phi) is 43.0. The monoisotopic (exact) mass is 705 g/mol. The normalized spacial score (nSPS) is 12.5. The van der Waals surface area contributed by atoms with Crippen LogP contribution in [0.1, 0.15) is 239 Å². The zero-order valence-corrected chi connectivity index (χ0v) is 33.9. The maximum absolute atomic E-state index is 12.2. The molecule has 4 heteroatoms. The van der Waals surface area contributed by atoms with Crippen molar-refractivity contribution in [2.24, 2.45) is 0 Å². The summed E-state index contributed by atoms with van der Waals surface area (Å²) in [6.07, 6.45) is 53.8. The Morgan fingerprint density at radius 1 is 0.480 bits per heavy atom. The van der Waals surface area contributed by atoms with Crippen molar-refractivity contribution in [2.75, 3.05) is 19.8 Å². The van der Waals surface area contributed by atoms with Gasteiger partial charge in [0, 0.05) is 13.0 Å². The van der Waals surface area contributed by atoms with E-state index in [-0.39, 0.29) is 12.6 Å². The molecule has 0 aromatic rings. The van der Waals surface area contributed by atoms with Gasteiger partial charge in [0.25, 0.3) is 0 Å². The molecule has 50 heavy (non-hydrogen) atoms. The summed E-state index contributed by atoms with van der Waals surface area (Å²) in [7, 11) is 0. The van der Waals surface area contributed by atoms with Crippen LogP contribution in [0.2, 0.25) is 0 Å². The zero-order chi connectivity index (χ0) is 36.3. The van der Waals surface area contributed by atoms with Gasteiger partial charge in [0.2, 0.25) is 0 Å². The fourth-order valence-electron chi connectivity index (χ4n) is 6.65. The minimum absolute atomic E-state index is 0.170. The summed E-state index contributed by atoms with van der Waals surface area (Å²) in [4.78, 5) is 12.2. The number of hydrogen-bond acceptors (Lipinski definition) is 4. The molecule has 0 heterocycles. The zero-order valence-electron chi connectivity index (χ0n) is 33.9. The lowest BCUT2D eigenvalue weighted by Gasteiger charge is -2.16. The first-order valence-electron chi connectivity index (χ1n) is 22.4. The van der Waals surface area contributed by atoms with Crippen LogP contribution < -0.4 is 0 Å². The molecule has 4 nitrogen and oxygen atoms in total. The molecule has 0 aliphatic carbocycles. The summed E-state index contributed by atoms with van der Waals surface area (Å²) in [5.74, 6) is -0.198. The summed E-state index contributed by atoms with van der Waals surface area (Å²) in [6.45, 7) is 5.35. The van der Waals surface area contributed by atoms with E-state index in [1.165, 1.54) is 193 Å². The third-order valence-corrected chi connectivity index (χ3v) is 10.0. The Labute approximate surface area is 313 Å². The van der Waals surface area contributed by atoms with E-state index in [2.05, 4.69) is 38.2 Å². The first-order valence-corrected chi connectivity index (χ1v) is 22.4. The van der Waals surface area contributed by atoms with Gasteiger partial charge in [-0.05, 0) is 44.9 Å². The number of aliphatic hydroxyl groups is 1. The number of allylic oxidation sites excluding steroid dienone is 4. The van der Waals surface area contributed by atoms with Crippen molar-refractivity contribution in [3.63, 3.8) is 0 Å². The van der Waals surface area contributed by atoms with Crippen LogP contribution in [-0.4, -0.2) is 37.0 Å². The predicted octanol–water partition coefficient (Wildman–Crippen LogP) is 14.7. The summed E-state index contributed by atoms with van der Waals surface area (Å²) in [5, 5.41) is 9.61. The van der Waals surface area contributed by atoms with Gasteiger partial charge < -0.3 is 14.6 Å². The average Bonchev–Trinajstić information content (AvgIpc) is 3.12. The number of rotatable bonds is 42. The quantitative estimate of drug-likeness (QED) is 0.0390. The molecular formula is C46H88O4. The molecule has 0 rings (SSSR count). The molecule has 296 valence electrons. The molecule has 0 fully saturated rings. The van der Waals surface area contributed by atoms with Gasteiger partial charge in [-0.25, -0.2) is 0 Å². The van der Waals surface area contributed by atoms with E-state index < -0.39 is 6.10 Å². The highest BCUT2D eigenvalue weighted by atomic mass is 16.6. The highest BCUT2D eigenvalue weighted by Crippen LogP contribution is 2.16. The lowest BCUT2D eigenvalue weighted by Crippen LogP contribution is -2.27. The molecule has 1 N–H and O–H groups in total. The predicted molar refractivity (Wildman–Crippen MR) is 219 cm³/mol. The number of unbranched alkanes of at least 4 members (excludes halogenated alkanes) is 30. The second-order valence-corrected chi connectivity index (χ2v) is 15.1. The lowest BCUT2D eigenvalue weighted by molar-refractivity contribution is -0.154. The molecule has 0 aliphatic rings. The number of carbonyl (C=O) groups is 1. The van der Waals surface area contributed by atoms with Crippen LogP contribution in [0, 0.1) is 0 Å². The second-order valence-electron chi connectivity index (χ2n) is 15.1. The van der Waals surface area contributed by atoms with Crippen LogP contribution in [0.4, 0.5) is 0 Å². The Balaban J connectivity index is 3.39. The standard InChI is InChI=1S/C46H88O4/c1-3-5-7-9-11-13-15-17-19-21-23-24-25-27-29-31-33-35-37-39-41-46(48)50-45(43-47)44-49-42-40-38-36-34-32-30-28-26-22-20-18-16-14-12-10-8-6-4-2/h12,14,18,20,45,47H,3-11,13,15-17,19,21-44H2,1-2H3/b14-12-,20-18-. The summed E-state index contributed by atoms with van der Waals surface area (Å²) in [6, 6.07) is 0. The van der Waals surface area contributed by atoms with Gasteiger partial charge in [0.15, 0.2) is 0 Å². The lowest BCUT2D eigenvalue weighted by atomic mass is 10.0. The van der Waals surface area contributed by atoms with Crippen molar-refractivity contribution in [1.29, 1.82) is 0 Å². The molecule has 0 saturated carbocycles. The SMILES string of the molecule is CCCCC/C=C\C/C=C\CCCCCCCCCCOCC(CO)OC(=O)CCCCCCCCCCCCCCCCCCCCCC. The third-order valence-electron chi connectivity index (χ3n) is 10.0. The largest absolute Gasteiger partial charge is 0.457 e. The maximum atomic E-state index is 12.2.